The second kappa shape index (κ2) is 6.16. The predicted octanol–water partition coefficient (Wildman–Crippen LogP) is 4.56. The number of nitrogens with one attached hydrogen (secondary N) is 1. The molecule has 1 N–H and O–H groups in total. The van der Waals surface area contributed by atoms with E-state index >= 15 is 0 Å². The van der Waals surface area contributed by atoms with Crippen molar-refractivity contribution >= 4 is 34.8 Å². The molecule has 0 unspecified atom stereocenters. The van der Waals surface area contributed by atoms with Gasteiger partial charge in [0.15, 0.2) is 0 Å². The molecule has 0 spiro atoms. The van der Waals surface area contributed by atoms with E-state index in [2.05, 4.69) is 5.32 Å². The van der Waals surface area contributed by atoms with Gasteiger partial charge in [0.2, 0.25) is 0 Å². The number of amides is 1. The number of carbonyl (C=O) groups is 1. The van der Waals surface area contributed by atoms with Crippen molar-refractivity contribution in [3.8, 4) is 5.75 Å². The van der Waals surface area contributed by atoms with Crippen molar-refractivity contribution in [3.63, 3.8) is 0 Å². The van der Waals surface area contributed by atoms with E-state index in [1.807, 2.05) is 13.0 Å². The number of hydrogen-bond donors (Lipinski definition) is 1. The van der Waals surface area contributed by atoms with Crippen LogP contribution in [0.2, 0.25) is 10.0 Å². The van der Waals surface area contributed by atoms with Crippen LogP contribution in [0.25, 0.3) is 0 Å². The minimum atomic E-state index is -0.310. The van der Waals surface area contributed by atoms with Gasteiger partial charge in [-0.15, -0.1) is 0 Å². The average Bonchev–Trinajstić information content (AvgIpc) is 2.38. The van der Waals surface area contributed by atoms with Crippen molar-refractivity contribution in [3.05, 3.63) is 57.6 Å². The highest BCUT2D eigenvalue weighted by Gasteiger charge is 2.13. The maximum absolute atomic E-state index is 12.2. The molecule has 0 aliphatic rings. The number of halogens is 2. The van der Waals surface area contributed by atoms with Gasteiger partial charge in [0, 0.05) is 5.02 Å². The first-order valence-corrected chi connectivity index (χ1v) is 6.68. The maximum atomic E-state index is 12.2. The van der Waals surface area contributed by atoms with Gasteiger partial charge in [0.1, 0.15) is 5.75 Å². The Hall–Kier alpha value is -1.71. The summed E-state index contributed by atoms with van der Waals surface area (Å²) in [5.41, 5.74) is 1.90. The Kier molecular flexibility index (Phi) is 4.53. The number of hydrogen-bond acceptors (Lipinski definition) is 2. The summed E-state index contributed by atoms with van der Waals surface area (Å²) in [4.78, 5) is 12.2. The molecule has 0 saturated carbocycles. The van der Waals surface area contributed by atoms with Crippen LogP contribution in [0.5, 0.6) is 5.75 Å². The first-order chi connectivity index (χ1) is 9.51. The summed E-state index contributed by atoms with van der Waals surface area (Å²) in [6, 6.07) is 10.3. The standard InChI is InChI=1S/C15H13Cl2NO2/c1-9-3-5-11(12(17)7-9)15(19)18-13-8-10(16)4-6-14(13)20-2/h3-8H,1-2H3,(H,18,19). The molecule has 5 heteroatoms. The van der Waals surface area contributed by atoms with Crippen molar-refractivity contribution < 1.29 is 9.53 Å². The van der Waals surface area contributed by atoms with E-state index in [9.17, 15) is 4.79 Å². The molecule has 1 amide bonds. The van der Waals surface area contributed by atoms with Crippen LogP contribution in [0.3, 0.4) is 0 Å². The third kappa shape index (κ3) is 3.24. The fourth-order valence-electron chi connectivity index (χ4n) is 1.77. The number of methoxy groups -OCH3 is 1. The van der Waals surface area contributed by atoms with Crippen LogP contribution in [0.4, 0.5) is 5.69 Å². The Labute approximate surface area is 127 Å². The number of rotatable bonds is 3. The number of benzene rings is 2. The number of aryl methyl sites for hydroxylation is 1. The van der Waals surface area contributed by atoms with Gasteiger partial charge in [-0.2, -0.15) is 0 Å². The minimum Gasteiger partial charge on any atom is -0.495 e. The summed E-state index contributed by atoms with van der Waals surface area (Å²) < 4.78 is 5.18. The van der Waals surface area contributed by atoms with Crippen molar-refractivity contribution in [2.24, 2.45) is 0 Å². The zero-order valence-corrected chi connectivity index (χ0v) is 12.5. The van der Waals surface area contributed by atoms with Crippen LogP contribution in [-0.2, 0) is 0 Å². The summed E-state index contributed by atoms with van der Waals surface area (Å²) in [5.74, 6) is 0.224. The number of anilines is 1. The molecule has 0 fully saturated rings. The molecule has 2 rings (SSSR count). The predicted molar refractivity (Wildman–Crippen MR) is 82.1 cm³/mol. The monoisotopic (exact) mass is 309 g/mol. The zero-order valence-electron chi connectivity index (χ0n) is 11.0. The van der Waals surface area contributed by atoms with Crippen molar-refractivity contribution in [1.29, 1.82) is 0 Å². The van der Waals surface area contributed by atoms with Crippen molar-refractivity contribution in [2.45, 2.75) is 6.92 Å². The summed E-state index contributed by atoms with van der Waals surface area (Å²) in [6.45, 7) is 1.91. The van der Waals surface area contributed by atoms with Crippen LogP contribution in [-0.4, -0.2) is 13.0 Å². The molecule has 0 aliphatic heterocycles. The second-order valence-electron chi connectivity index (χ2n) is 4.28. The van der Waals surface area contributed by atoms with Crippen LogP contribution in [0.1, 0.15) is 15.9 Å². The molecule has 0 atom stereocenters. The van der Waals surface area contributed by atoms with Gasteiger partial charge in [0.05, 0.1) is 23.4 Å². The molecule has 0 aromatic heterocycles. The number of carbonyl (C=O) groups excluding carboxylic acids is 1. The lowest BCUT2D eigenvalue weighted by Crippen LogP contribution is -2.13. The molecule has 3 nitrogen and oxygen atoms in total. The van der Waals surface area contributed by atoms with E-state index in [4.69, 9.17) is 27.9 Å². The normalized spacial score (nSPS) is 10.2. The van der Waals surface area contributed by atoms with E-state index in [1.165, 1.54) is 7.11 Å². The highest BCUT2D eigenvalue weighted by molar-refractivity contribution is 6.34. The Morgan fingerprint density at radius 1 is 1.15 bits per heavy atom. The van der Waals surface area contributed by atoms with Crippen LogP contribution in [0, 0.1) is 6.92 Å². The van der Waals surface area contributed by atoms with Gasteiger partial charge >= 0.3 is 0 Å². The fraction of sp³-hybridized carbons (Fsp3) is 0.133. The van der Waals surface area contributed by atoms with E-state index < -0.39 is 0 Å². The van der Waals surface area contributed by atoms with E-state index in [-0.39, 0.29) is 5.91 Å². The third-order valence-corrected chi connectivity index (χ3v) is 3.33. The first-order valence-electron chi connectivity index (χ1n) is 5.92. The molecule has 0 radical (unpaired) electrons. The molecule has 2 aromatic carbocycles. The highest BCUT2D eigenvalue weighted by Crippen LogP contribution is 2.28. The van der Waals surface area contributed by atoms with Gasteiger partial charge in [0.25, 0.3) is 5.91 Å². The van der Waals surface area contributed by atoms with Gasteiger partial charge in [-0.1, -0.05) is 29.3 Å². The van der Waals surface area contributed by atoms with Gasteiger partial charge in [-0.25, -0.2) is 0 Å². The topological polar surface area (TPSA) is 38.3 Å². The lowest BCUT2D eigenvalue weighted by Gasteiger charge is -2.11. The van der Waals surface area contributed by atoms with Gasteiger partial charge in [-0.3, -0.25) is 4.79 Å². The summed E-state index contributed by atoms with van der Waals surface area (Å²) >= 11 is 12.0. The molecule has 2 aromatic rings. The van der Waals surface area contributed by atoms with E-state index in [0.717, 1.165) is 5.56 Å². The largest absolute Gasteiger partial charge is 0.495 e. The molecule has 0 aliphatic carbocycles. The smallest absolute Gasteiger partial charge is 0.257 e. The van der Waals surface area contributed by atoms with E-state index in [1.54, 1.807) is 30.3 Å². The molecular formula is C15H13Cl2NO2. The van der Waals surface area contributed by atoms with Crippen molar-refractivity contribution in [1.82, 2.24) is 0 Å². The van der Waals surface area contributed by atoms with Crippen LogP contribution in [0.15, 0.2) is 36.4 Å². The summed E-state index contributed by atoms with van der Waals surface area (Å²) in [5, 5.41) is 3.66. The minimum absolute atomic E-state index is 0.310. The van der Waals surface area contributed by atoms with Crippen LogP contribution < -0.4 is 10.1 Å². The Bertz CT molecular complexity index is 656. The average molecular weight is 310 g/mol. The van der Waals surface area contributed by atoms with Gasteiger partial charge < -0.3 is 10.1 Å². The highest BCUT2D eigenvalue weighted by atomic mass is 35.5. The Morgan fingerprint density at radius 3 is 2.55 bits per heavy atom. The zero-order chi connectivity index (χ0) is 14.7. The first kappa shape index (κ1) is 14.7. The lowest BCUT2D eigenvalue weighted by molar-refractivity contribution is 0.102. The summed E-state index contributed by atoms with van der Waals surface area (Å²) in [6.07, 6.45) is 0. The molecule has 0 saturated heterocycles. The fourth-order valence-corrected chi connectivity index (χ4v) is 2.26. The molecular weight excluding hydrogens is 297 g/mol. The Morgan fingerprint density at radius 2 is 1.90 bits per heavy atom. The third-order valence-electron chi connectivity index (χ3n) is 2.78. The second-order valence-corrected chi connectivity index (χ2v) is 5.13. The van der Waals surface area contributed by atoms with Crippen LogP contribution >= 0.6 is 23.2 Å². The van der Waals surface area contributed by atoms with Crippen molar-refractivity contribution in [2.75, 3.05) is 12.4 Å². The lowest BCUT2D eigenvalue weighted by atomic mass is 10.1. The molecule has 0 heterocycles. The van der Waals surface area contributed by atoms with Gasteiger partial charge in [-0.05, 0) is 42.8 Å². The SMILES string of the molecule is COc1ccc(Cl)cc1NC(=O)c1ccc(C)cc1Cl. The molecule has 104 valence electrons. The molecule has 20 heavy (non-hydrogen) atoms. The molecule has 0 bridgehead atoms. The quantitative estimate of drug-likeness (QED) is 0.902. The Balaban J connectivity index is 2.30. The maximum Gasteiger partial charge on any atom is 0.257 e. The summed E-state index contributed by atoms with van der Waals surface area (Å²) in [7, 11) is 1.53. The number of ether oxygens (including phenoxy) is 1. The van der Waals surface area contributed by atoms with E-state index in [0.29, 0.717) is 27.0 Å².